The van der Waals surface area contributed by atoms with E-state index >= 15 is 0 Å². The van der Waals surface area contributed by atoms with Crippen molar-refractivity contribution < 1.29 is 51.5 Å². The van der Waals surface area contributed by atoms with Crippen LogP contribution >= 0.6 is 0 Å². The van der Waals surface area contributed by atoms with Gasteiger partial charge in [-0.1, -0.05) is 45.0 Å². The van der Waals surface area contributed by atoms with E-state index in [1.165, 1.54) is 7.11 Å². The van der Waals surface area contributed by atoms with Gasteiger partial charge in [0.2, 0.25) is 10.0 Å². The fourth-order valence-corrected chi connectivity index (χ4v) is 6.76. The third-order valence-corrected chi connectivity index (χ3v) is 9.69. The van der Waals surface area contributed by atoms with Gasteiger partial charge in [-0.05, 0) is 71.8 Å². The Hall–Kier alpha value is -6.10. The molecule has 2 amide bonds. The maximum Gasteiger partial charge on any atom is 0.329 e. The van der Waals surface area contributed by atoms with Crippen molar-refractivity contribution in [3.8, 4) is 28.7 Å². The van der Waals surface area contributed by atoms with Crippen molar-refractivity contribution in [2.75, 3.05) is 61.8 Å². The predicted octanol–water partition coefficient (Wildman–Crippen LogP) is 7.98. The zero-order chi connectivity index (χ0) is 42.9. The number of aromatic nitrogens is 1. The standard InChI is InChI=1S/C44H50N4O11S/c1-44(2,3)29-23-38(42(54-4)39(24-29)48-60(5,52)53)47-43(51)46-37-12-13-40(36-9-7-6-8-35(36)37)59-32-14-15-45-30(25-32)20-28-21-33(26-34(22-28)58-31-10-11-31)57-19-18-55-16-17-56-27-41(49)50/h6-9,12-15,21-26,31,48H,10-11,16-20,27H2,1-5H3,(H,49,50)(H2,46,47,51). The van der Waals surface area contributed by atoms with Crippen LogP contribution in [-0.2, 0) is 36.1 Å². The van der Waals surface area contributed by atoms with E-state index in [0.717, 1.165) is 46.7 Å². The molecule has 1 saturated carbocycles. The minimum Gasteiger partial charge on any atom is -0.492 e. The average Bonchev–Trinajstić information content (AvgIpc) is 4.00. The van der Waals surface area contributed by atoms with Gasteiger partial charge in [0.15, 0.2) is 5.75 Å². The summed E-state index contributed by atoms with van der Waals surface area (Å²) in [6, 6.07) is 23.4. The molecule has 0 unspecified atom stereocenters. The topological polar surface area (TPSA) is 193 Å². The molecule has 0 bridgehead atoms. The van der Waals surface area contributed by atoms with Gasteiger partial charge in [-0.15, -0.1) is 0 Å². The summed E-state index contributed by atoms with van der Waals surface area (Å²) in [5.74, 6) is 1.61. The number of nitrogens with zero attached hydrogens (tertiary/aromatic N) is 1. The summed E-state index contributed by atoms with van der Waals surface area (Å²) in [5, 5.41) is 15.9. The number of carbonyl (C=O) groups excluding carboxylic acids is 1. The normalized spacial score (nSPS) is 12.8. The number of sulfonamides is 1. The van der Waals surface area contributed by atoms with Crippen LogP contribution in [-0.4, -0.2) is 83.0 Å². The van der Waals surface area contributed by atoms with E-state index in [4.69, 9.17) is 33.5 Å². The van der Waals surface area contributed by atoms with Crippen molar-refractivity contribution in [3.05, 3.63) is 102 Å². The molecule has 1 aromatic heterocycles. The van der Waals surface area contributed by atoms with E-state index < -0.39 is 22.0 Å². The Morgan fingerprint density at radius 3 is 2.23 bits per heavy atom. The maximum absolute atomic E-state index is 13.5. The van der Waals surface area contributed by atoms with Gasteiger partial charge in [0.25, 0.3) is 0 Å². The maximum atomic E-state index is 13.5. The number of aliphatic carboxylic acids is 1. The summed E-state index contributed by atoms with van der Waals surface area (Å²) >= 11 is 0. The first-order valence-corrected chi connectivity index (χ1v) is 21.3. The molecule has 1 aliphatic rings. The Morgan fingerprint density at radius 2 is 1.52 bits per heavy atom. The SMILES string of the molecule is COc1c(NC(=O)Nc2ccc(Oc3ccnc(Cc4cc(OCCOCCOCC(=O)O)cc(OC5CC5)c4)c3)c3ccccc23)cc(C(C)(C)C)cc1NS(C)(=O)=O. The van der Waals surface area contributed by atoms with Crippen molar-refractivity contribution in [1.29, 1.82) is 0 Å². The monoisotopic (exact) mass is 842 g/mol. The number of amides is 2. The number of hydrogen-bond donors (Lipinski definition) is 4. The Labute approximate surface area is 349 Å². The highest BCUT2D eigenvalue weighted by molar-refractivity contribution is 7.92. The number of pyridine rings is 1. The van der Waals surface area contributed by atoms with Crippen LogP contribution in [0.5, 0.6) is 28.7 Å². The average molecular weight is 843 g/mol. The lowest BCUT2D eigenvalue weighted by Gasteiger charge is -2.24. The molecule has 15 nitrogen and oxygen atoms in total. The minimum absolute atomic E-state index is 0.169. The smallest absolute Gasteiger partial charge is 0.329 e. The van der Waals surface area contributed by atoms with Gasteiger partial charge in [0.1, 0.15) is 36.2 Å². The zero-order valence-electron chi connectivity index (χ0n) is 34.2. The molecule has 1 heterocycles. The van der Waals surface area contributed by atoms with Crippen LogP contribution in [0.25, 0.3) is 10.8 Å². The number of nitrogens with one attached hydrogen (secondary N) is 3. The number of benzene rings is 4. The van der Waals surface area contributed by atoms with Crippen LogP contribution in [0.15, 0.2) is 85.1 Å². The number of rotatable bonds is 20. The second-order valence-electron chi connectivity index (χ2n) is 15.3. The van der Waals surface area contributed by atoms with Crippen LogP contribution in [0.1, 0.15) is 50.4 Å². The van der Waals surface area contributed by atoms with Gasteiger partial charge in [-0.2, -0.15) is 0 Å². The quantitative estimate of drug-likeness (QED) is 0.0553. The number of carbonyl (C=O) groups is 2. The fraction of sp³-hybridized carbons (Fsp3) is 0.341. The number of ether oxygens (including phenoxy) is 6. The van der Waals surface area contributed by atoms with Crippen LogP contribution in [0.4, 0.5) is 21.9 Å². The molecule has 4 aromatic carbocycles. The number of hydrogen-bond acceptors (Lipinski definition) is 11. The first-order chi connectivity index (χ1) is 28.6. The Morgan fingerprint density at radius 1 is 0.817 bits per heavy atom. The van der Waals surface area contributed by atoms with Gasteiger partial charge in [-0.3, -0.25) is 9.71 Å². The van der Waals surface area contributed by atoms with E-state index in [1.807, 2.05) is 69.3 Å². The molecule has 60 heavy (non-hydrogen) atoms. The molecule has 16 heteroatoms. The molecule has 4 N–H and O–H groups in total. The van der Waals surface area contributed by atoms with E-state index in [1.54, 1.807) is 36.5 Å². The van der Waals surface area contributed by atoms with Crippen LogP contribution in [0, 0.1) is 0 Å². The first-order valence-electron chi connectivity index (χ1n) is 19.4. The second-order valence-corrected chi connectivity index (χ2v) is 17.0. The van der Waals surface area contributed by atoms with Gasteiger partial charge >= 0.3 is 12.0 Å². The van der Waals surface area contributed by atoms with Gasteiger partial charge in [0, 0.05) is 41.2 Å². The second kappa shape index (κ2) is 19.3. The Kier molecular flexibility index (Phi) is 14.0. The number of carboxylic acid groups (broad SMARTS) is 1. The lowest BCUT2D eigenvalue weighted by Crippen LogP contribution is -2.22. The molecule has 0 spiro atoms. The van der Waals surface area contributed by atoms with Crippen molar-refractivity contribution in [2.45, 2.75) is 51.6 Å². The molecular weight excluding hydrogens is 793 g/mol. The summed E-state index contributed by atoms with van der Waals surface area (Å²) in [7, 11) is -2.24. The summed E-state index contributed by atoms with van der Waals surface area (Å²) in [5.41, 5.74) is 3.12. The van der Waals surface area contributed by atoms with Gasteiger partial charge < -0.3 is 44.2 Å². The van der Waals surface area contributed by atoms with Crippen molar-refractivity contribution in [3.63, 3.8) is 0 Å². The van der Waals surface area contributed by atoms with E-state index in [-0.39, 0.29) is 49.4 Å². The van der Waals surface area contributed by atoms with E-state index in [0.29, 0.717) is 47.4 Å². The number of fused-ring (bicyclic) bond motifs is 1. The molecule has 0 atom stereocenters. The van der Waals surface area contributed by atoms with Crippen molar-refractivity contribution in [2.24, 2.45) is 0 Å². The number of anilines is 3. The summed E-state index contributed by atoms with van der Waals surface area (Å²) in [4.78, 5) is 28.7. The van der Waals surface area contributed by atoms with Crippen LogP contribution in [0.2, 0.25) is 0 Å². The van der Waals surface area contributed by atoms with Gasteiger partial charge in [-0.25, -0.2) is 18.0 Å². The highest BCUT2D eigenvalue weighted by atomic mass is 32.2. The molecule has 0 radical (unpaired) electrons. The lowest BCUT2D eigenvalue weighted by molar-refractivity contribution is -0.142. The van der Waals surface area contributed by atoms with Gasteiger partial charge in [0.05, 0.1) is 56.4 Å². The van der Waals surface area contributed by atoms with Crippen molar-refractivity contribution in [1.82, 2.24) is 4.98 Å². The number of urea groups is 1. The highest BCUT2D eigenvalue weighted by Gasteiger charge is 2.25. The molecule has 5 aromatic rings. The van der Waals surface area contributed by atoms with Crippen LogP contribution in [0.3, 0.4) is 0 Å². The number of carboxylic acids is 1. The van der Waals surface area contributed by atoms with E-state index in [9.17, 15) is 18.0 Å². The summed E-state index contributed by atoms with van der Waals surface area (Å²) < 4.78 is 61.4. The molecule has 1 fully saturated rings. The Bertz CT molecular complexity index is 2430. The zero-order valence-corrected chi connectivity index (χ0v) is 35.0. The molecular formula is C44H50N4O11S. The molecule has 0 aliphatic heterocycles. The van der Waals surface area contributed by atoms with Crippen LogP contribution < -0.4 is 34.3 Å². The summed E-state index contributed by atoms with van der Waals surface area (Å²) in [6.07, 6.45) is 5.42. The van der Waals surface area contributed by atoms with Crippen molar-refractivity contribution >= 4 is 49.9 Å². The Balaban J connectivity index is 1.15. The highest BCUT2D eigenvalue weighted by Crippen LogP contribution is 2.40. The lowest BCUT2D eigenvalue weighted by atomic mass is 9.86. The molecule has 0 saturated heterocycles. The molecule has 318 valence electrons. The third-order valence-electron chi connectivity index (χ3n) is 9.10. The third kappa shape index (κ3) is 12.7. The van der Waals surface area contributed by atoms with E-state index in [2.05, 4.69) is 20.3 Å². The fourth-order valence-electron chi connectivity index (χ4n) is 6.21. The predicted molar refractivity (Wildman–Crippen MR) is 229 cm³/mol. The largest absolute Gasteiger partial charge is 0.492 e. The first kappa shape index (κ1) is 43.5. The summed E-state index contributed by atoms with van der Waals surface area (Å²) in [6.45, 7) is 6.60. The number of methoxy groups -OCH3 is 1. The molecule has 6 rings (SSSR count). The minimum atomic E-state index is -3.65. The molecule has 1 aliphatic carbocycles.